The molecule has 1 aliphatic rings. The van der Waals surface area contributed by atoms with Gasteiger partial charge in [-0.05, 0) is 48.7 Å². The summed E-state index contributed by atoms with van der Waals surface area (Å²) in [5.74, 6) is -0.113. The lowest BCUT2D eigenvalue weighted by Crippen LogP contribution is -2.26. The fourth-order valence-corrected chi connectivity index (χ4v) is 5.11. The Morgan fingerprint density at radius 2 is 1.80 bits per heavy atom. The van der Waals surface area contributed by atoms with Gasteiger partial charge in [0.2, 0.25) is 0 Å². The summed E-state index contributed by atoms with van der Waals surface area (Å²) in [5.41, 5.74) is 2.57. The maximum atomic E-state index is 12.9. The van der Waals surface area contributed by atoms with Crippen molar-refractivity contribution < 1.29 is 13.2 Å². The molecule has 2 aromatic carbocycles. The number of sulfonamides is 1. The van der Waals surface area contributed by atoms with E-state index in [0.29, 0.717) is 24.9 Å². The lowest BCUT2D eigenvalue weighted by Gasteiger charge is -2.13. The molecule has 1 N–H and O–H groups in total. The van der Waals surface area contributed by atoms with E-state index in [1.807, 2.05) is 31.2 Å². The SMILES string of the molecule is Cc1ccc(Cn2cccc(NS(=O)(=O)c3cc4c(cc3Cl)CCC4=O)c2=O)cc1. The second-order valence-electron chi connectivity index (χ2n) is 7.31. The Hall–Kier alpha value is -2.90. The second kappa shape index (κ2) is 7.74. The van der Waals surface area contributed by atoms with Gasteiger partial charge in [-0.1, -0.05) is 41.4 Å². The highest BCUT2D eigenvalue weighted by atomic mass is 35.5. The number of benzene rings is 2. The van der Waals surface area contributed by atoms with Crippen LogP contribution in [0.25, 0.3) is 0 Å². The Morgan fingerprint density at radius 3 is 2.53 bits per heavy atom. The first kappa shape index (κ1) is 20.4. The molecular formula is C22H19ClN2O4S. The summed E-state index contributed by atoms with van der Waals surface area (Å²) in [6, 6.07) is 13.5. The first-order valence-corrected chi connectivity index (χ1v) is 11.2. The minimum Gasteiger partial charge on any atom is -0.309 e. The molecule has 4 rings (SSSR count). The molecule has 1 aromatic heterocycles. The van der Waals surface area contributed by atoms with E-state index >= 15 is 0 Å². The smallest absolute Gasteiger partial charge is 0.275 e. The predicted molar refractivity (Wildman–Crippen MR) is 116 cm³/mol. The van der Waals surface area contributed by atoms with Crippen molar-refractivity contribution >= 4 is 33.1 Å². The molecule has 0 unspecified atom stereocenters. The summed E-state index contributed by atoms with van der Waals surface area (Å²) in [5, 5.41) is 0.0202. The van der Waals surface area contributed by atoms with Gasteiger partial charge in [0.25, 0.3) is 15.6 Å². The zero-order chi connectivity index (χ0) is 21.5. The number of fused-ring (bicyclic) bond motifs is 1. The highest BCUT2D eigenvalue weighted by molar-refractivity contribution is 7.92. The van der Waals surface area contributed by atoms with Gasteiger partial charge in [-0.2, -0.15) is 0 Å². The molecule has 30 heavy (non-hydrogen) atoms. The Bertz CT molecular complexity index is 1310. The number of halogens is 1. The number of carbonyl (C=O) groups excluding carboxylic acids is 1. The van der Waals surface area contributed by atoms with Gasteiger partial charge in [-0.15, -0.1) is 0 Å². The van der Waals surface area contributed by atoms with E-state index in [1.54, 1.807) is 12.3 Å². The standard InChI is InChI=1S/C22H19ClN2O4S/c1-14-4-6-15(7-5-14)13-25-10-2-3-19(22(25)27)24-30(28,29)21-12-17-16(11-18(21)23)8-9-20(17)26/h2-7,10-12,24H,8-9,13H2,1H3. The van der Waals surface area contributed by atoms with Crippen LogP contribution in [0, 0.1) is 6.92 Å². The molecule has 0 fully saturated rings. The van der Waals surface area contributed by atoms with Gasteiger partial charge in [-0.3, -0.25) is 14.3 Å². The van der Waals surface area contributed by atoms with Crippen LogP contribution in [0.3, 0.4) is 0 Å². The monoisotopic (exact) mass is 442 g/mol. The van der Waals surface area contributed by atoms with E-state index in [9.17, 15) is 18.0 Å². The van der Waals surface area contributed by atoms with Crippen molar-refractivity contribution in [3.05, 3.63) is 92.4 Å². The Balaban J connectivity index is 1.66. The van der Waals surface area contributed by atoms with E-state index in [0.717, 1.165) is 16.7 Å². The van der Waals surface area contributed by atoms with Gasteiger partial charge in [0.1, 0.15) is 10.6 Å². The molecule has 0 bridgehead atoms. The van der Waals surface area contributed by atoms with E-state index in [2.05, 4.69) is 4.72 Å². The van der Waals surface area contributed by atoms with Crippen LogP contribution in [0.4, 0.5) is 5.69 Å². The van der Waals surface area contributed by atoms with Gasteiger partial charge in [0, 0.05) is 18.2 Å². The predicted octanol–water partition coefficient (Wildman–Crippen LogP) is 3.79. The third-order valence-electron chi connectivity index (χ3n) is 5.11. The maximum Gasteiger partial charge on any atom is 0.275 e. The van der Waals surface area contributed by atoms with Gasteiger partial charge in [0.15, 0.2) is 5.78 Å². The van der Waals surface area contributed by atoms with E-state index in [1.165, 1.54) is 22.8 Å². The van der Waals surface area contributed by atoms with Crippen molar-refractivity contribution in [1.82, 2.24) is 4.57 Å². The Labute approximate surface area is 179 Å². The van der Waals surface area contributed by atoms with Crippen LogP contribution in [-0.4, -0.2) is 18.8 Å². The summed E-state index contributed by atoms with van der Waals surface area (Å²) in [7, 11) is -4.15. The van der Waals surface area contributed by atoms with Crippen molar-refractivity contribution in [2.75, 3.05) is 4.72 Å². The molecule has 3 aromatic rings. The number of hydrogen-bond donors (Lipinski definition) is 1. The number of rotatable bonds is 5. The number of ketones is 1. The molecule has 154 valence electrons. The summed E-state index contributed by atoms with van der Waals surface area (Å²) < 4.78 is 29.6. The third kappa shape index (κ3) is 3.91. The molecule has 0 atom stereocenters. The Kier molecular flexibility index (Phi) is 5.26. The zero-order valence-corrected chi connectivity index (χ0v) is 17.8. The average Bonchev–Trinajstić information content (AvgIpc) is 3.05. The maximum absolute atomic E-state index is 12.9. The van der Waals surface area contributed by atoms with Gasteiger partial charge in [0.05, 0.1) is 11.6 Å². The number of carbonyl (C=O) groups is 1. The minimum atomic E-state index is -4.15. The van der Waals surface area contributed by atoms with E-state index < -0.39 is 15.6 Å². The van der Waals surface area contributed by atoms with Crippen molar-refractivity contribution in [1.29, 1.82) is 0 Å². The number of anilines is 1. The molecular weight excluding hydrogens is 424 g/mol. The summed E-state index contributed by atoms with van der Waals surface area (Å²) >= 11 is 6.18. The molecule has 1 heterocycles. The topological polar surface area (TPSA) is 85.2 Å². The van der Waals surface area contributed by atoms with Crippen LogP contribution in [0.2, 0.25) is 5.02 Å². The highest BCUT2D eigenvalue weighted by Gasteiger charge is 2.27. The molecule has 1 aliphatic carbocycles. The summed E-state index contributed by atoms with van der Waals surface area (Å²) in [6.07, 6.45) is 2.48. The number of Topliss-reactive ketones (excluding diaryl/α,β-unsaturated/α-hetero) is 1. The van der Waals surface area contributed by atoms with Crippen LogP contribution in [0.1, 0.15) is 33.5 Å². The minimum absolute atomic E-state index is 0.0202. The van der Waals surface area contributed by atoms with Crippen LogP contribution in [-0.2, 0) is 23.0 Å². The van der Waals surface area contributed by atoms with E-state index in [-0.39, 0.29) is 21.4 Å². The first-order chi connectivity index (χ1) is 14.2. The van der Waals surface area contributed by atoms with Gasteiger partial charge >= 0.3 is 0 Å². The molecule has 8 heteroatoms. The van der Waals surface area contributed by atoms with Crippen LogP contribution < -0.4 is 10.3 Å². The normalized spacial score (nSPS) is 13.3. The number of pyridine rings is 1. The molecule has 0 aliphatic heterocycles. The first-order valence-electron chi connectivity index (χ1n) is 9.38. The number of nitrogens with zero attached hydrogens (tertiary/aromatic N) is 1. The van der Waals surface area contributed by atoms with Gasteiger partial charge in [-0.25, -0.2) is 8.42 Å². The largest absolute Gasteiger partial charge is 0.309 e. The van der Waals surface area contributed by atoms with Gasteiger partial charge < -0.3 is 4.57 Å². The summed E-state index contributed by atoms with van der Waals surface area (Å²) in [4.78, 5) is 24.6. The van der Waals surface area contributed by atoms with E-state index in [4.69, 9.17) is 11.6 Å². The second-order valence-corrected chi connectivity index (χ2v) is 9.37. The molecule has 0 spiro atoms. The number of hydrogen-bond acceptors (Lipinski definition) is 4. The van der Waals surface area contributed by atoms with Crippen molar-refractivity contribution in [3.8, 4) is 0 Å². The van der Waals surface area contributed by atoms with Crippen LogP contribution in [0.15, 0.2) is 64.4 Å². The lowest BCUT2D eigenvalue weighted by molar-refractivity contribution is 0.0994. The molecule has 0 saturated heterocycles. The fraction of sp³-hybridized carbons (Fsp3) is 0.182. The Morgan fingerprint density at radius 1 is 1.07 bits per heavy atom. The highest BCUT2D eigenvalue weighted by Crippen LogP contribution is 2.31. The number of aromatic nitrogens is 1. The molecule has 0 radical (unpaired) electrons. The molecule has 0 amide bonds. The van der Waals surface area contributed by atoms with Crippen molar-refractivity contribution in [3.63, 3.8) is 0 Å². The number of nitrogens with one attached hydrogen (secondary N) is 1. The fourth-order valence-electron chi connectivity index (χ4n) is 3.48. The quantitative estimate of drug-likeness (QED) is 0.651. The summed E-state index contributed by atoms with van der Waals surface area (Å²) in [6.45, 7) is 2.28. The van der Waals surface area contributed by atoms with Crippen molar-refractivity contribution in [2.45, 2.75) is 31.2 Å². The molecule has 0 saturated carbocycles. The average molecular weight is 443 g/mol. The zero-order valence-electron chi connectivity index (χ0n) is 16.2. The van der Waals surface area contributed by atoms with Crippen LogP contribution in [0.5, 0.6) is 0 Å². The lowest BCUT2D eigenvalue weighted by atomic mass is 10.1. The van der Waals surface area contributed by atoms with Crippen molar-refractivity contribution in [2.24, 2.45) is 0 Å². The van der Waals surface area contributed by atoms with Crippen LogP contribution >= 0.6 is 11.6 Å². The third-order valence-corrected chi connectivity index (χ3v) is 6.94. The molecule has 6 nitrogen and oxygen atoms in total. The number of aryl methyl sites for hydroxylation is 2.